The van der Waals surface area contributed by atoms with E-state index in [0.29, 0.717) is 43.5 Å². The number of para-hydroxylation sites is 1. The van der Waals surface area contributed by atoms with Gasteiger partial charge in [0.2, 0.25) is 0 Å². The first-order valence-corrected chi connectivity index (χ1v) is 14.5. The van der Waals surface area contributed by atoms with Crippen molar-refractivity contribution in [3.8, 4) is 11.3 Å². The SMILES string of the molecule is O=C(NCCNc1ccccc1)c1cnc(N2CCOCC2)nc1-c1ccc([I-]c2ccccc2)cc1. The minimum atomic E-state index is -0.263. The van der Waals surface area contributed by atoms with Gasteiger partial charge in [0, 0.05) is 0 Å². The first kappa shape index (κ1) is 25.2. The predicted molar refractivity (Wildman–Crippen MR) is 142 cm³/mol. The molecular formula is C29H29IN5O2-. The van der Waals surface area contributed by atoms with Crippen LogP contribution in [0.3, 0.4) is 0 Å². The van der Waals surface area contributed by atoms with E-state index in [2.05, 4.69) is 69.0 Å². The van der Waals surface area contributed by atoms with Crippen molar-refractivity contribution in [2.45, 2.75) is 0 Å². The van der Waals surface area contributed by atoms with Gasteiger partial charge >= 0.3 is 198 Å². The molecule has 8 heteroatoms. The van der Waals surface area contributed by atoms with Crippen molar-refractivity contribution in [1.29, 1.82) is 0 Å². The maximum absolute atomic E-state index is 13.2. The molecule has 1 aromatic heterocycles. The van der Waals surface area contributed by atoms with Crippen molar-refractivity contribution in [1.82, 2.24) is 15.3 Å². The van der Waals surface area contributed by atoms with E-state index < -0.39 is 0 Å². The minimum absolute atomic E-state index is 0.181. The second-order valence-electron chi connectivity index (χ2n) is 8.48. The zero-order valence-electron chi connectivity index (χ0n) is 20.4. The molecule has 3 aromatic carbocycles. The van der Waals surface area contributed by atoms with E-state index in [9.17, 15) is 4.79 Å². The Balaban J connectivity index is 1.34. The van der Waals surface area contributed by atoms with Crippen LogP contribution in [-0.4, -0.2) is 55.3 Å². The fraction of sp³-hybridized carbons (Fsp3) is 0.207. The van der Waals surface area contributed by atoms with E-state index in [1.165, 1.54) is 7.14 Å². The third-order valence-corrected chi connectivity index (χ3v) is 8.58. The van der Waals surface area contributed by atoms with E-state index in [4.69, 9.17) is 9.72 Å². The van der Waals surface area contributed by atoms with Crippen molar-refractivity contribution in [3.63, 3.8) is 0 Å². The zero-order valence-corrected chi connectivity index (χ0v) is 22.6. The van der Waals surface area contributed by atoms with Crippen molar-refractivity contribution < 1.29 is 30.7 Å². The van der Waals surface area contributed by atoms with Crippen molar-refractivity contribution in [2.24, 2.45) is 0 Å². The van der Waals surface area contributed by atoms with Crippen LogP contribution in [0.4, 0.5) is 11.6 Å². The number of anilines is 2. The molecule has 1 fully saturated rings. The molecule has 7 nitrogen and oxygen atoms in total. The number of aromatic nitrogens is 2. The van der Waals surface area contributed by atoms with Crippen LogP contribution in [0.5, 0.6) is 0 Å². The number of benzene rings is 3. The molecule has 2 heterocycles. The van der Waals surface area contributed by atoms with Crippen LogP contribution in [0.2, 0.25) is 0 Å². The van der Waals surface area contributed by atoms with E-state index in [0.717, 1.165) is 24.3 Å². The van der Waals surface area contributed by atoms with Crippen molar-refractivity contribution in [3.05, 3.63) is 104 Å². The molecule has 1 amide bonds. The van der Waals surface area contributed by atoms with Crippen LogP contribution in [0.15, 0.2) is 91.1 Å². The van der Waals surface area contributed by atoms with Gasteiger partial charge in [0.1, 0.15) is 0 Å². The number of hydrogen-bond acceptors (Lipinski definition) is 6. The Kier molecular flexibility index (Phi) is 8.60. The van der Waals surface area contributed by atoms with E-state index in [1.54, 1.807) is 6.20 Å². The number of carbonyl (C=O) groups is 1. The summed E-state index contributed by atoms with van der Waals surface area (Å²) in [7, 11) is 0. The molecule has 0 aliphatic carbocycles. The van der Waals surface area contributed by atoms with Gasteiger partial charge in [-0.1, -0.05) is 18.2 Å². The van der Waals surface area contributed by atoms with E-state index in [-0.39, 0.29) is 27.1 Å². The summed E-state index contributed by atoms with van der Waals surface area (Å²) in [5.74, 6) is 0.445. The third-order valence-electron chi connectivity index (χ3n) is 5.90. The van der Waals surface area contributed by atoms with Crippen LogP contribution < -0.4 is 36.7 Å². The Morgan fingerprint density at radius 3 is 2.27 bits per heavy atom. The summed E-state index contributed by atoms with van der Waals surface area (Å²) in [5.41, 5.74) is 3.05. The normalized spacial score (nSPS) is 13.4. The molecule has 0 unspecified atom stereocenters. The first-order valence-electron chi connectivity index (χ1n) is 12.3. The molecule has 5 rings (SSSR count). The van der Waals surface area contributed by atoms with Crippen molar-refractivity contribution >= 4 is 17.5 Å². The fourth-order valence-electron chi connectivity index (χ4n) is 3.98. The molecule has 4 aromatic rings. The van der Waals surface area contributed by atoms with Gasteiger partial charge in [-0.25, -0.2) is 0 Å². The summed E-state index contributed by atoms with van der Waals surface area (Å²) >= 11 is -0.263. The van der Waals surface area contributed by atoms with Crippen molar-refractivity contribution in [2.75, 3.05) is 49.6 Å². The van der Waals surface area contributed by atoms with Gasteiger partial charge in [-0.15, -0.1) is 0 Å². The first-order chi connectivity index (χ1) is 18.3. The van der Waals surface area contributed by atoms with E-state index >= 15 is 0 Å². The summed E-state index contributed by atoms with van der Waals surface area (Å²) in [4.78, 5) is 24.7. The Hall–Kier alpha value is -3.50. The van der Waals surface area contributed by atoms with Gasteiger partial charge in [-0.3, -0.25) is 0 Å². The molecule has 1 saturated heterocycles. The van der Waals surface area contributed by atoms with Gasteiger partial charge in [0.25, 0.3) is 0 Å². The van der Waals surface area contributed by atoms with Crippen LogP contribution in [0.25, 0.3) is 11.3 Å². The number of halogens is 1. The molecule has 2 N–H and O–H groups in total. The quantitative estimate of drug-likeness (QED) is 0.218. The fourth-order valence-corrected chi connectivity index (χ4v) is 6.20. The number of nitrogens with one attached hydrogen (secondary N) is 2. The van der Waals surface area contributed by atoms with Gasteiger partial charge in [0.15, 0.2) is 0 Å². The number of hydrogen-bond donors (Lipinski definition) is 2. The molecule has 1 aliphatic rings. The third kappa shape index (κ3) is 6.84. The van der Waals surface area contributed by atoms with Gasteiger partial charge < -0.3 is 0 Å². The summed E-state index contributed by atoms with van der Waals surface area (Å²) in [6.07, 6.45) is 1.65. The molecular weight excluding hydrogens is 577 g/mol. The maximum atomic E-state index is 13.2. The monoisotopic (exact) mass is 606 g/mol. The second kappa shape index (κ2) is 12.6. The molecule has 0 spiro atoms. The van der Waals surface area contributed by atoms with Gasteiger partial charge in [-0.05, 0) is 12.1 Å². The predicted octanol–water partition coefficient (Wildman–Crippen LogP) is 0.951. The molecule has 190 valence electrons. The molecule has 1 aliphatic heterocycles. The number of carbonyl (C=O) groups excluding carboxylic acids is 1. The number of rotatable bonds is 9. The molecule has 37 heavy (non-hydrogen) atoms. The summed E-state index contributed by atoms with van der Waals surface area (Å²) in [6.45, 7) is 3.86. The second-order valence-corrected chi connectivity index (χ2v) is 11.5. The average molecular weight is 606 g/mol. The number of ether oxygens (including phenoxy) is 1. The zero-order chi connectivity index (χ0) is 25.3. The van der Waals surface area contributed by atoms with Crippen LogP contribution in [-0.2, 0) is 4.74 Å². The Labute approximate surface area is 227 Å². The Morgan fingerprint density at radius 2 is 1.54 bits per heavy atom. The molecule has 0 radical (unpaired) electrons. The number of morpholine rings is 1. The summed E-state index contributed by atoms with van der Waals surface area (Å²) < 4.78 is 8.17. The van der Waals surface area contributed by atoms with Crippen LogP contribution in [0, 0.1) is 7.14 Å². The van der Waals surface area contributed by atoms with Gasteiger partial charge in [0.05, 0.1) is 0 Å². The average Bonchev–Trinajstić information content (AvgIpc) is 2.97. The number of nitrogens with zero attached hydrogens (tertiary/aromatic N) is 3. The Bertz CT molecular complexity index is 1300. The summed E-state index contributed by atoms with van der Waals surface area (Å²) in [5, 5.41) is 6.33. The van der Waals surface area contributed by atoms with Crippen LogP contribution >= 0.6 is 0 Å². The number of amides is 1. The Morgan fingerprint density at radius 1 is 0.865 bits per heavy atom. The topological polar surface area (TPSA) is 79.4 Å². The van der Waals surface area contributed by atoms with E-state index in [1.807, 2.05) is 36.4 Å². The van der Waals surface area contributed by atoms with Gasteiger partial charge in [-0.2, -0.15) is 0 Å². The molecule has 0 bridgehead atoms. The summed E-state index contributed by atoms with van der Waals surface area (Å²) in [6, 6.07) is 28.9. The standard InChI is InChI=1S/C29H29IN5O2/c36-28(32-16-15-31-25-9-5-2-6-10-25)26-21-33-29(35-17-19-37-20-18-35)34-27(26)22-11-13-24(14-12-22)30-23-7-3-1-4-8-23/h1-14,21,31H,15-20H2,(H,32,36)/q-1. The molecule has 0 saturated carbocycles. The van der Waals surface area contributed by atoms with Crippen LogP contribution in [0.1, 0.15) is 10.4 Å². The molecule has 0 atom stereocenters.